The molecule has 0 saturated carbocycles. The number of rotatable bonds is 4. The topological polar surface area (TPSA) is 113 Å². The van der Waals surface area contributed by atoms with Gasteiger partial charge in [0.2, 0.25) is 5.95 Å². The summed E-state index contributed by atoms with van der Waals surface area (Å²) in [6, 6.07) is 8.57. The minimum atomic E-state index is -0.213. The first-order valence-corrected chi connectivity index (χ1v) is 8.57. The van der Waals surface area contributed by atoms with Gasteiger partial charge in [-0.25, -0.2) is 9.97 Å². The molecule has 0 aliphatic rings. The Labute approximate surface area is 152 Å². The number of halogens is 1. The molecule has 9 heteroatoms. The van der Waals surface area contributed by atoms with Crippen LogP contribution in [0.1, 0.15) is 27.9 Å². The zero-order valence-electron chi connectivity index (χ0n) is 13.2. The number of nitrogen functional groups attached to an aromatic ring is 1. The Balaban J connectivity index is 2.21. The molecule has 0 bridgehead atoms. The summed E-state index contributed by atoms with van der Waals surface area (Å²) in [7, 11) is 0. The predicted molar refractivity (Wildman–Crippen MR) is 98.7 cm³/mol. The van der Waals surface area contributed by atoms with Crippen LogP contribution in [-0.2, 0) is 0 Å². The number of hydrogen-bond donors (Lipinski definition) is 3. The van der Waals surface area contributed by atoms with Crippen molar-refractivity contribution in [3.8, 4) is 0 Å². The molecule has 4 N–H and O–H groups in total. The molecule has 0 atom stereocenters. The minimum absolute atomic E-state index is 0.0139. The van der Waals surface area contributed by atoms with Gasteiger partial charge < -0.3 is 16.3 Å². The van der Waals surface area contributed by atoms with E-state index in [1.54, 1.807) is 30.3 Å². The van der Waals surface area contributed by atoms with Crippen LogP contribution in [0, 0.1) is 0 Å². The second kappa shape index (κ2) is 7.04. The Morgan fingerprint density at radius 3 is 2.84 bits per heavy atom. The molecule has 0 spiro atoms. The third-order valence-corrected chi connectivity index (χ3v) is 4.78. The highest BCUT2D eigenvalue weighted by Gasteiger charge is 2.21. The Morgan fingerprint density at radius 2 is 2.16 bits per heavy atom. The number of aromatic nitrogens is 2. The lowest BCUT2D eigenvalue weighted by molar-refractivity contribution is 0.0960. The summed E-state index contributed by atoms with van der Waals surface area (Å²) in [6.07, 6.45) is 0. The van der Waals surface area contributed by atoms with E-state index in [1.807, 2.05) is 6.92 Å². The molecule has 7 nitrogen and oxygen atoms in total. The zero-order valence-corrected chi connectivity index (χ0v) is 14.7. The van der Waals surface area contributed by atoms with Crippen molar-refractivity contribution in [3.63, 3.8) is 0 Å². The van der Waals surface area contributed by atoms with Gasteiger partial charge in [-0.15, -0.1) is 11.3 Å². The van der Waals surface area contributed by atoms with Crippen LogP contribution in [0.2, 0.25) is 5.02 Å². The van der Waals surface area contributed by atoms with Gasteiger partial charge in [0.1, 0.15) is 16.2 Å². The molecule has 0 aliphatic carbocycles. The van der Waals surface area contributed by atoms with Gasteiger partial charge in [0.25, 0.3) is 5.91 Å². The summed E-state index contributed by atoms with van der Waals surface area (Å²) in [5, 5.41) is 16.6. The molecule has 1 aromatic carbocycles. The van der Waals surface area contributed by atoms with Gasteiger partial charge in [-0.1, -0.05) is 35.0 Å². The number of carbonyl (C=O) groups excluding carboxylic acids is 1. The Hall–Kier alpha value is -2.71. The van der Waals surface area contributed by atoms with Gasteiger partial charge in [-0.05, 0) is 19.1 Å². The zero-order chi connectivity index (χ0) is 18.0. The van der Waals surface area contributed by atoms with Crippen molar-refractivity contribution in [2.45, 2.75) is 6.92 Å². The fourth-order valence-corrected chi connectivity index (χ4v) is 3.54. The van der Waals surface area contributed by atoms with Crippen molar-refractivity contribution in [2.24, 2.45) is 5.16 Å². The van der Waals surface area contributed by atoms with Crippen molar-refractivity contribution in [1.82, 2.24) is 15.3 Å². The predicted octanol–water partition coefficient (Wildman–Crippen LogP) is 2.90. The Morgan fingerprint density at radius 1 is 1.40 bits per heavy atom. The highest BCUT2D eigenvalue weighted by molar-refractivity contribution is 7.20. The molecule has 128 valence electrons. The Kier molecular flexibility index (Phi) is 4.82. The van der Waals surface area contributed by atoms with Crippen LogP contribution >= 0.6 is 22.9 Å². The van der Waals surface area contributed by atoms with Crippen molar-refractivity contribution >= 4 is 50.7 Å². The van der Waals surface area contributed by atoms with Gasteiger partial charge in [0.15, 0.2) is 0 Å². The van der Waals surface area contributed by atoms with Crippen LogP contribution < -0.4 is 11.1 Å². The molecule has 25 heavy (non-hydrogen) atoms. The highest BCUT2D eigenvalue weighted by Crippen LogP contribution is 2.29. The standard InChI is InChI=1S/C16H14ClN5O2S/c1-2-19-14(23)11-7-9-12(20-16(18)21-15(9)25-11)13(22-24)8-5-3-4-6-10(8)17/h3-7,24H,2H2,1H3,(H,19,23)(H2,18,20,21)/b22-13+. The van der Waals surface area contributed by atoms with Crippen molar-refractivity contribution < 1.29 is 10.0 Å². The number of carbonyl (C=O) groups is 1. The van der Waals surface area contributed by atoms with E-state index in [1.165, 1.54) is 11.3 Å². The smallest absolute Gasteiger partial charge is 0.261 e. The lowest BCUT2D eigenvalue weighted by atomic mass is 10.0. The maximum Gasteiger partial charge on any atom is 0.261 e. The SMILES string of the molecule is CCNC(=O)c1cc2c(/C(=N/O)c3ccccc3Cl)nc(N)nc2s1. The Bertz CT molecular complexity index is 986. The van der Waals surface area contributed by atoms with Crippen LogP contribution in [0.15, 0.2) is 35.5 Å². The third kappa shape index (κ3) is 3.26. The van der Waals surface area contributed by atoms with E-state index in [2.05, 4.69) is 20.4 Å². The molecule has 1 amide bonds. The monoisotopic (exact) mass is 375 g/mol. The molecule has 3 rings (SSSR count). The van der Waals surface area contributed by atoms with E-state index in [4.69, 9.17) is 17.3 Å². The average Bonchev–Trinajstić information content (AvgIpc) is 3.01. The number of anilines is 1. The van der Waals surface area contributed by atoms with E-state index in [-0.39, 0.29) is 17.6 Å². The molecule has 2 heterocycles. The van der Waals surface area contributed by atoms with E-state index in [9.17, 15) is 10.0 Å². The first-order valence-electron chi connectivity index (χ1n) is 7.37. The molecule has 3 aromatic rings. The summed E-state index contributed by atoms with van der Waals surface area (Å²) < 4.78 is 0. The first kappa shape index (κ1) is 17.1. The van der Waals surface area contributed by atoms with Crippen molar-refractivity contribution in [3.05, 3.63) is 51.5 Å². The number of amides is 1. The van der Waals surface area contributed by atoms with Gasteiger partial charge in [0, 0.05) is 17.5 Å². The van der Waals surface area contributed by atoms with Gasteiger partial charge in [0.05, 0.1) is 9.90 Å². The van der Waals surface area contributed by atoms with Gasteiger partial charge in [-0.2, -0.15) is 0 Å². The largest absolute Gasteiger partial charge is 0.410 e. The summed E-state index contributed by atoms with van der Waals surface area (Å²) in [6.45, 7) is 2.35. The van der Waals surface area contributed by atoms with Crippen LogP contribution in [-0.4, -0.2) is 33.3 Å². The molecule has 0 aliphatic heterocycles. The fraction of sp³-hybridized carbons (Fsp3) is 0.125. The first-order chi connectivity index (χ1) is 12.0. The van der Waals surface area contributed by atoms with E-state index in [0.29, 0.717) is 37.9 Å². The van der Waals surface area contributed by atoms with E-state index in [0.717, 1.165) is 0 Å². The number of hydrogen-bond acceptors (Lipinski definition) is 7. The summed E-state index contributed by atoms with van der Waals surface area (Å²) in [5.74, 6) is -0.199. The van der Waals surface area contributed by atoms with Crippen molar-refractivity contribution in [1.29, 1.82) is 0 Å². The molecule has 0 radical (unpaired) electrons. The molecular formula is C16H14ClN5O2S. The number of nitrogens with zero attached hydrogens (tertiary/aromatic N) is 3. The van der Waals surface area contributed by atoms with Crippen molar-refractivity contribution in [2.75, 3.05) is 12.3 Å². The highest BCUT2D eigenvalue weighted by atomic mass is 35.5. The van der Waals surface area contributed by atoms with Gasteiger partial charge >= 0.3 is 0 Å². The lowest BCUT2D eigenvalue weighted by Gasteiger charge is -2.07. The number of benzene rings is 1. The maximum absolute atomic E-state index is 12.1. The third-order valence-electron chi connectivity index (χ3n) is 3.42. The number of oxime groups is 1. The molecule has 0 unspecified atom stereocenters. The molecular weight excluding hydrogens is 362 g/mol. The second-order valence-electron chi connectivity index (χ2n) is 5.05. The normalized spacial score (nSPS) is 11.7. The van der Waals surface area contributed by atoms with E-state index < -0.39 is 0 Å². The quantitative estimate of drug-likeness (QED) is 0.368. The minimum Gasteiger partial charge on any atom is -0.410 e. The average molecular weight is 376 g/mol. The molecule has 0 fully saturated rings. The fourth-order valence-electron chi connectivity index (χ4n) is 2.36. The summed E-state index contributed by atoms with van der Waals surface area (Å²) in [5.41, 5.74) is 6.76. The van der Waals surface area contributed by atoms with Crippen LogP contribution in [0.25, 0.3) is 10.2 Å². The second-order valence-corrected chi connectivity index (χ2v) is 6.49. The van der Waals surface area contributed by atoms with Crippen LogP contribution in [0.4, 0.5) is 5.95 Å². The number of thiophene rings is 1. The molecule has 2 aromatic heterocycles. The summed E-state index contributed by atoms with van der Waals surface area (Å²) >= 11 is 7.40. The summed E-state index contributed by atoms with van der Waals surface area (Å²) in [4.78, 5) is 21.5. The maximum atomic E-state index is 12.1. The number of fused-ring (bicyclic) bond motifs is 1. The molecule has 0 saturated heterocycles. The number of nitrogens with two attached hydrogens (primary N) is 1. The lowest BCUT2D eigenvalue weighted by Crippen LogP contribution is -2.21. The number of nitrogens with one attached hydrogen (secondary N) is 1. The van der Waals surface area contributed by atoms with E-state index >= 15 is 0 Å². The van der Waals surface area contributed by atoms with Crippen LogP contribution in [0.5, 0.6) is 0 Å². The van der Waals surface area contributed by atoms with Crippen LogP contribution in [0.3, 0.4) is 0 Å². The van der Waals surface area contributed by atoms with Gasteiger partial charge in [-0.3, -0.25) is 4.79 Å².